The number of nitrogens with one attached hydrogen (secondary N) is 1. The number of carbonyl (C=O) groups excluding carboxylic acids is 1. The second-order valence-electron chi connectivity index (χ2n) is 7.37. The number of β-amino-alcohol motifs (C(OH)–C–C–N with tert-alkyl or cyclic N) is 1. The zero-order chi connectivity index (χ0) is 18.5. The molecule has 1 amide bonds. The average Bonchev–Trinajstić information content (AvgIpc) is 3.04. The Morgan fingerprint density at radius 3 is 2.73 bits per heavy atom. The van der Waals surface area contributed by atoms with Crippen molar-refractivity contribution in [1.29, 1.82) is 0 Å². The van der Waals surface area contributed by atoms with Gasteiger partial charge in [-0.05, 0) is 43.0 Å². The molecule has 0 unspecified atom stereocenters. The fourth-order valence-corrected chi connectivity index (χ4v) is 4.58. The lowest BCUT2D eigenvalue weighted by atomic mass is 10.0. The second kappa shape index (κ2) is 8.75. The van der Waals surface area contributed by atoms with Crippen LogP contribution in [-0.4, -0.2) is 46.1 Å². The highest BCUT2D eigenvalue weighted by atomic mass is 32.1. The second-order valence-corrected chi connectivity index (χ2v) is 8.63. The average molecular weight is 374 g/mol. The molecule has 3 rings (SSSR count). The van der Waals surface area contributed by atoms with Gasteiger partial charge in [-0.2, -0.15) is 0 Å². The van der Waals surface area contributed by atoms with E-state index in [2.05, 4.69) is 41.2 Å². The third-order valence-electron chi connectivity index (χ3n) is 4.63. The molecule has 26 heavy (non-hydrogen) atoms. The monoisotopic (exact) mass is 373 g/mol. The van der Waals surface area contributed by atoms with Gasteiger partial charge >= 0.3 is 0 Å². The van der Waals surface area contributed by atoms with Gasteiger partial charge in [0.1, 0.15) is 0 Å². The van der Waals surface area contributed by atoms with Crippen LogP contribution in [0.25, 0.3) is 0 Å². The fourth-order valence-electron chi connectivity index (χ4n) is 3.30. The number of aromatic nitrogens is 1. The standard InChI is InChI=1S/C20H27N3O2S/c1-14(2)11-16-3-4-17(26-16)12-23-10-7-18(19(24)13-23)22-20(25)15-5-8-21-9-6-15/h3-6,8-9,14,18-19,24H,7,10-13H2,1-2H3,(H,22,25)/t18-,19-/m1/s1. The van der Waals surface area contributed by atoms with E-state index in [-0.39, 0.29) is 11.9 Å². The summed E-state index contributed by atoms with van der Waals surface area (Å²) in [7, 11) is 0. The fraction of sp³-hybridized carbons (Fsp3) is 0.500. The predicted molar refractivity (Wildman–Crippen MR) is 104 cm³/mol. The Balaban J connectivity index is 1.50. The number of amides is 1. The molecule has 2 aromatic heterocycles. The molecule has 0 bridgehead atoms. The van der Waals surface area contributed by atoms with E-state index < -0.39 is 6.10 Å². The summed E-state index contributed by atoms with van der Waals surface area (Å²) in [5, 5.41) is 13.4. The van der Waals surface area contributed by atoms with Crippen LogP contribution in [0.15, 0.2) is 36.7 Å². The number of carbonyl (C=O) groups is 1. The van der Waals surface area contributed by atoms with Crippen molar-refractivity contribution in [3.63, 3.8) is 0 Å². The Morgan fingerprint density at radius 1 is 1.31 bits per heavy atom. The minimum Gasteiger partial charge on any atom is -0.390 e. The molecule has 140 valence electrons. The van der Waals surface area contributed by atoms with Crippen molar-refractivity contribution in [2.24, 2.45) is 5.92 Å². The zero-order valence-corrected chi connectivity index (χ0v) is 16.2. The van der Waals surface area contributed by atoms with Crippen molar-refractivity contribution in [2.45, 2.75) is 45.4 Å². The number of likely N-dealkylation sites (tertiary alicyclic amines) is 1. The van der Waals surface area contributed by atoms with E-state index in [1.165, 1.54) is 9.75 Å². The summed E-state index contributed by atoms with van der Waals surface area (Å²) in [6.07, 6.45) is 4.52. The molecule has 1 fully saturated rings. The van der Waals surface area contributed by atoms with Crippen molar-refractivity contribution in [1.82, 2.24) is 15.2 Å². The number of piperidine rings is 1. The van der Waals surface area contributed by atoms with Gasteiger partial charge < -0.3 is 10.4 Å². The molecule has 0 aliphatic carbocycles. The highest BCUT2D eigenvalue weighted by molar-refractivity contribution is 7.11. The third kappa shape index (κ3) is 5.13. The van der Waals surface area contributed by atoms with E-state index >= 15 is 0 Å². The molecular formula is C20H27N3O2S. The molecule has 0 saturated carbocycles. The smallest absolute Gasteiger partial charge is 0.251 e. The lowest BCUT2D eigenvalue weighted by Crippen LogP contribution is -2.53. The van der Waals surface area contributed by atoms with Gasteiger partial charge in [0, 0.05) is 47.3 Å². The first-order valence-corrected chi connectivity index (χ1v) is 10.0. The van der Waals surface area contributed by atoms with Crippen LogP contribution in [0.4, 0.5) is 0 Å². The largest absolute Gasteiger partial charge is 0.390 e. The highest BCUT2D eigenvalue weighted by Gasteiger charge is 2.29. The topological polar surface area (TPSA) is 65.5 Å². The summed E-state index contributed by atoms with van der Waals surface area (Å²) in [6.45, 7) is 6.79. The molecule has 2 N–H and O–H groups in total. The first kappa shape index (κ1) is 19.0. The van der Waals surface area contributed by atoms with E-state index in [1.807, 2.05) is 11.3 Å². The summed E-state index contributed by atoms with van der Waals surface area (Å²) in [5.74, 6) is 0.518. The molecule has 0 radical (unpaired) electrons. The normalized spacial score (nSPS) is 21.1. The van der Waals surface area contributed by atoms with Crippen molar-refractivity contribution < 1.29 is 9.90 Å². The van der Waals surface area contributed by atoms with Gasteiger partial charge in [0.05, 0.1) is 12.1 Å². The first-order chi connectivity index (χ1) is 12.5. The molecule has 1 aliphatic rings. The van der Waals surface area contributed by atoms with Gasteiger partial charge in [-0.1, -0.05) is 13.8 Å². The number of aliphatic hydroxyl groups excluding tert-OH is 1. The first-order valence-electron chi connectivity index (χ1n) is 9.20. The van der Waals surface area contributed by atoms with Crippen molar-refractivity contribution in [2.75, 3.05) is 13.1 Å². The molecule has 0 aromatic carbocycles. The molecule has 2 atom stereocenters. The number of aliphatic hydroxyl groups is 1. The van der Waals surface area contributed by atoms with Gasteiger partial charge in [-0.15, -0.1) is 11.3 Å². The van der Waals surface area contributed by atoms with Crippen molar-refractivity contribution in [3.05, 3.63) is 52.0 Å². The van der Waals surface area contributed by atoms with Crippen LogP contribution >= 0.6 is 11.3 Å². The molecule has 2 aromatic rings. The minimum absolute atomic E-state index is 0.151. The van der Waals surface area contributed by atoms with E-state index in [4.69, 9.17) is 0 Å². The van der Waals surface area contributed by atoms with Crippen molar-refractivity contribution >= 4 is 17.2 Å². The van der Waals surface area contributed by atoms with E-state index in [0.717, 1.165) is 25.9 Å². The molecule has 3 heterocycles. The van der Waals surface area contributed by atoms with Crippen LogP contribution in [0.2, 0.25) is 0 Å². The Bertz CT molecular complexity index is 717. The summed E-state index contributed by atoms with van der Waals surface area (Å²) < 4.78 is 0. The minimum atomic E-state index is -0.551. The molecule has 6 heteroatoms. The maximum atomic E-state index is 12.3. The number of rotatable bonds is 6. The highest BCUT2D eigenvalue weighted by Crippen LogP contribution is 2.23. The van der Waals surface area contributed by atoms with Crippen LogP contribution < -0.4 is 5.32 Å². The Morgan fingerprint density at radius 2 is 2.04 bits per heavy atom. The number of hydrogen-bond donors (Lipinski definition) is 2. The lowest BCUT2D eigenvalue weighted by molar-refractivity contribution is 0.0353. The van der Waals surface area contributed by atoms with Crippen molar-refractivity contribution in [3.8, 4) is 0 Å². The van der Waals surface area contributed by atoms with Crippen LogP contribution in [0.3, 0.4) is 0 Å². The van der Waals surface area contributed by atoms with Crippen LogP contribution in [0.1, 0.15) is 40.4 Å². The predicted octanol–water partition coefficient (Wildman–Crippen LogP) is 2.71. The molecule has 0 spiro atoms. The van der Waals surface area contributed by atoms with Gasteiger partial charge in [-0.3, -0.25) is 14.7 Å². The third-order valence-corrected chi connectivity index (χ3v) is 5.72. The number of thiophene rings is 1. The van der Waals surface area contributed by atoms with E-state index in [0.29, 0.717) is 18.0 Å². The lowest BCUT2D eigenvalue weighted by Gasteiger charge is -2.36. The number of pyridine rings is 1. The maximum Gasteiger partial charge on any atom is 0.251 e. The molecular weight excluding hydrogens is 346 g/mol. The van der Waals surface area contributed by atoms with Crippen LogP contribution in [0, 0.1) is 5.92 Å². The Hall–Kier alpha value is -1.76. The summed E-state index contributed by atoms with van der Waals surface area (Å²) >= 11 is 1.87. The maximum absolute atomic E-state index is 12.3. The van der Waals surface area contributed by atoms with Gasteiger partial charge in [0.25, 0.3) is 5.91 Å². The van der Waals surface area contributed by atoms with E-state index in [1.54, 1.807) is 24.5 Å². The Kier molecular flexibility index (Phi) is 6.40. The molecule has 1 aliphatic heterocycles. The number of hydrogen-bond acceptors (Lipinski definition) is 5. The number of nitrogens with zero attached hydrogens (tertiary/aromatic N) is 2. The van der Waals surface area contributed by atoms with E-state index in [9.17, 15) is 9.90 Å². The summed E-state index contributed by atoms with van der Waals surface area (Å²) in [5.41, 5.74) is 0.575. The summed E-state index contributed by atoms with van der Waals surface area (Å²) in [6, 6.07) is 7.58. The quantitative estimate of drug-likeness (QED) is 0.817. The SMILES string of the molecule is CC(C)Cc1ccc(CN2CC[C@@H](NC(=O)c3ccncc3)[C@H](O)C2)s1. The molecule has 1 saturated heterocycles. The molecule has 5 nitrogen and oxygen atoms in total. The van der Waals surface area contributed by atoms with Gasteiger partial charge in [0.2, 0.25) is 0 Å². The van der Waals surface area contributed by atoms with Crippen LogP contribution in [-0.2, 0) is 13.0 Å². The Labute approximate surface area is 159 Å². The van der Waals surface area contributed by atoms with Crippen LogP contribution in [0.5, 0.6) is 0 Å². The summed E-state index contributed by atoms with van der Waals surface area (Å²) in [4.78, 5) is 21.2. The van der Waals surface area contributed by atoms with Gasteiger partial charge in [0.15, 0.2) is 0 Å². The van der Waals surface area contributed by atoms with Gasteiger partial charge in [-0.25, -0.2) is 0 Å². The zero-order valence-electron chi connectivity index (χ0n) is 15.4.